The average molecular weight is 265 g/mol. The molecule has 0 atom stereocenters. The van der Waals surface area contributed by atoms with E-state index < -0.39 is 5.60 Å². The van der Waals surface area contributed by atoms with E-state index in [9.17, 15) is 5.11 Å². The summed E-state index contributed by atoms with van der Waals surface area (Å²) in [6.07, 6.45) is 2.19. The van der Waals surface area contributed by atoms with Gasteiger partial charge in [0.2, 0.25) is 0 Å². The summed E-state index contributed by atoms with van der Waals surface area (Å²) in [4.78, 5) is 1.16. The lowest BCUT2D eigenvalue weighted by Crippen LogP contribution is -2.31. The summed E-state index contributed by atoms with van der Waals surface area (Å²) in [5, 5.41) is 10.6. The Kier molecular flexibility index (Phi) is 2.74. The van der Waals surface area contributed by atoms with Crippen LogP contribution in [0.5, 0.6) is 0 Å². The van der Waals surface area contributed by atoms with Gasteiger partial charge < -0.3 is 5.11 Å². The Labute approximate surface area is 110 Å². The van der Waals surface area contributed by atoms with Crippen molar-refractivity contribution in [2.75, 3.05) is 0 Å². The van der Waals surface area contributed by atoms with Gasteiger partial charge in [-0.15, -0.1) is 11.3 Å². The second-order valence-electron chi connectivity index (χ2n) is 4.73. The van der Waals surface area contributed by atoms with Gasteiger partial charge in [-0.1, -0.05) is 35.9 Å². The molecule has 0 aliphatic heterocycles. The molecule has 0 amide bonds. The molecule has 0 saturated heterocycles. The molecule has 0 unspecified atom stereocenters. The van der Waals surface area contributed by atoms with Crippen LogP contribution in [0.15, 0.2) is 36.4 Å². The molecule has 3 rings (SSSR count). The van der Waals surface area contributed by atoms with Gasteiger partial charge in [-0.3, -0.25) is 0 Å². The number of hydrogen-bond donors (Lipinski definition) is 1. The van der Waals surface area contributed by atoms with Gasteiger partial charge >= 0.3 is 0 Å². The molecule has 3 heteroatoms. The van der Waals surface area contributed by atoms with Crippen LogP contribution < -0.4 is 0 Å². The van der Waals surface area contributed by atoms with Crippen molar-refractivity contribution in [1.82, 2.24) is 0 Å². The molecule has 17 heavy (non-hydrogen) atoms. The molecular formula is C14H13ClOS. The third-order valence-corrected chi connectivity index (χ3v) is 4.52. The fourth-order valence-corrected chi connectivity index (χ4v) is 3.79. The zero-order valence-electron chi connectivity index (χ0n) is 9.32. The molecule has 0 bridgehead atoms. The number of hydrogen-bond acceptors (Lipinski definition) is 2. The molecule has 1 heterocycles. The van der Waals surface area contributed by atoms with Crippen LogP contribution in [-0.2, 0) is 19.3 Å². The molecule has 1 N–H and O–H groups in total. The summed E-state index contributed by atoms with van der Waals surface area (Å²) < 4.78 is 0.791. The molecular weight excluding hydrogens is 252 g/mol. The minimum absolute atomic E-state index is 0.627. The SMILES string of the molecule is OC1(Cc2ccc(Cl)s2)Cc2ccccc2C1. The molecule has 1 aliphatic carbocycles. The van der Waals surface area contributed by atoms with Crippen LogP contribution >= 0.6 is 22.9 Å². The topological polar surface area (TPSA) is 20.2 Å². The van der Waals surface area contributed by atoms with Gasteiger partial charge in [0, 0.05) is 24.1 Å². The third kappa shape index (κ3) is 2.25. The maximum Gasteiger partial charge on any atom is 0.0931 e. The number of benzene rings is 1. The first kappa shape index (κ1) is 11.3. The van der Waals surface area contributed by atoms with Gasteiger partial charge in [-0.05, 0) is 23.3 Å². The van der Waals surface area contributed by atoms with Gasteiger partial charge in [0.15, 0.2) is 0 Å². The lowest BCUT2D eigenvalue weighted by Gasteiger charge is -2.21. The van der Waals surface area contributed by atoms with E-state index in [0.29, 0.717) is 6.42 Å². The fourth-order valence-electron chi connectivity index (χ4n) is 2.57. The predicted octanol–water partition coefficient (Wildman–Crippen LogP) is 3.47. The molecule has 0 fully saturated rings. The van der Waals surface area contributed by atoms with Gasteiger partial charge in [0.05, 0.1) is 9.94 Å². The van der Waals surface area contributed by atoms with Crippen LogP contribution in [0.1, 0.15) is 16.0 Å². The van der Waals surface area contributed by atoms with Crippen LogP contribution in [-0.4, -0.2) is 10.7 Å². The maximum atomic E-state index is 10.6. The lowest BCUT2D eigenvalue weighted by atomic mass is 9.95. The highest BCUT2D eigenvalue weighted by atomic mass is 35.5. The standard InChI is InChI=1S/C14H13ClOS/c15-13-6-5-12(17-13)9-14(16)7-10-3-1-2-4-11(10)8-14/h1-6,16H,7-9H2. The first-order valence-corrected chi connectivity index (χ1v) is 6.87. The van der Waals surface area contributed by atoms with Crippen molar-refractivity contribution in [1.29, 1.82) is 0 Å². The van der Waals surface area contributed by atoms with Crippen molar-refractivity contribution in [2.45, 2.75) is 24.9 Å². The second-order valence-corrected chi connectivity index (χ2v) is 6.53. The summed E-state index contributed by atoms with van der Waals surface area (Å²) in [7, 11) is 0. The van der Waals surface area contributed by atoms with Crippen molar-refractivity contribution in [3.63, 3.8) is 0 Å². The van der Waals surface area contributed by atoms with E-state index in [1.54, 1.807) is 11.3 Å². The number of rotatable bonds is 2. The van der Waals surface area contributed by atoms with Gasteiger partial charge in [-0.2, -0.15) is 0 Å². The molecule has 0 radical (unpaired) electrons. The molecule has 1 aliphatic rings. The Balaban J connectivity index is 1.82. The number of fused-ring (bicyclic) bond motifs is 1. The minimum Gasteiger partial charge on any atom is -0.389 e. The van der Waals surface area contributed by atoms with Crippen molar-refractivity contribution < 1.29 is 5.11 Å². The summed E-state index contributed by atoms with van der Waals surface area (Å²) >= 11 is 7.47. The van der Waals surface area contributed by atoms with Crippen LogP contribution in [0.3, 0.4) is 0 Å². The zero-order chi connectivity index (χ0) is 11.9. The van der Waals surface area contributed by atoms with E-state index in [1.807, 2.05) is 24.3 Å². The monoisotopic (exact) mass is 264 g/mol. The summed E-state index contributed by atoms with van der Waals surface area (Å²) in [5.74, 6) is 0. The fraction of sp³-hybridized carbons (Fsp3) is 0.286. The second kappa shape index (κ2) is 4.13. The average Bonchev–Trinajstić information content (AvgIpc) is 2.81. The van der Waals surface area contributed by atoms with Gasteiger partial charge in [0.25, 0.3) is 0 Å². The highest BCUT2D eigenvalue weighted by molar-refractivity contribution is 7.16. The van der Waals surface area contributed by atoms with E-state index in [2.05, 4.69) is 12.1 Å². The van der Waals surface area contributed by atoms with Crippen LogP contribution in [0, 0.1) is 0 Å². The van der Waals surface area contributed by atoms with Crippen molar-refractivity contribution in [3.8, 4) is 0 Å². The smallest absolute Gasteiger partial charge is 0.0931 e. The Hall–Kier alpha value is -0.830. The van der Waals surface area contributed by atoms with E-state index in [0.717, 1.165) is 22.1 Å². The Morgan fingerprint density at radius 1 is 1.12 bits per heavy atom. The maximum absolute atomic E-state index is 10.6. The number of aliphatic hydroxyl groups is 1. The van der Waals surface area contributed by atoms with Gasteiger partial charge in [0.1, 0.15) is 0 Å². The number of thiophene rings is 1. The van der Waals surface area contributed by atoms with Crippen molar-refractivity contribution >= 4 is 22.9 Å². The normalized spacial score (nSPS) is 17.1. The summed E-state index contributed by atoms with van der Waals surface area (Å²) in [5.41, 5.74) is 1.92. The number of halogens is 1. The van der Waals surface area contributed by atoms with Crippen LogP contribution in [0.2, 0.25) is 4.34 Å². The molecule has 0 spiro atoms. The molecule has 1 aromatic heterocycles. The molecule has 1 aromatic carbocycles. The third-order valence-electron chi connectivity index (χ3n) is 3.29. The Morgan fingerprint density at radius 3 is 2.29 bits per heavy atom. The van der Waals surface area contributed by atoms with Crippen LogP contribution in [0.4, 0.5) is 0 Å². The highest BCUT2D eigenvalue weighted by Crippen LogP contribution is 2.34. The summed E-state index contributed by atoms with van der Waals surface area (Å²) in [6.45, 7) is 0. The van der Waals surface area contributed by atoms with E-state index >= 15 is 0 Å². The predicted molar refractivity (Wildman–Crippen MR) is 71.8 cm³/mol. The minimum atomic E-state index is -0.627. The zero-order valence-corrected chi connectivity index (χ0v) is 10.9. The van der Waals surface area contributed by atoms with E-state index in [-0.39, 0.29) is 0 Å². The quantitative estimate of drug-likeness (QED) is 0.881. The van der Waals surface area contributed by atoms with Gasteiger partial charge in [-0.25, -0.2) is 0 Å². The van der Waals surface area contributed by atoms with Crippen molar-refractivity contribution in [3.05, 3.63) is 56.7 Å². The largest absolute Gasteiger partial charge is 0.389 e. The first-order valence-electron chi connectivity index (χ1n) is 5.68. The molecule has 88 valence electrons. The lowest BCUT2D eigenvalue weighted by molar-refractivity contribution is 0.0526. The molecule has 2 aromatic rings. The first-order chi connectivity index (χ1) is 8.15. The Bertz CT molecular complexity index is 522. The van der Waals surface area contributed by atoms with Crippen LogP contribution in [0.25, 0.3) is 0 Å². The van der Waals surface area contributed by atoms with E-state index in [1.165, 1.54) is 11.1 Å². The Morgan fingerprint density at radius 2 is 1.76 bits per heavy atom. The summed E-state index contributed by atoms with van der Waals surface area (Å²) in [6, 6.07) is 12.2. The van der Waals surface area contributed by atoms with E-state index in [4.69, 9.17) is 11.6 Å². The molecule has 0 saturated carbocycles. The highest BCUT2D eigenvalue weighted by Gasteiger charge is 2.35. The molecule has 1 nitrogen and oxygen atoms in total. The van der Waals surface area contributed by atoms with Crippen molar-refractivity contribution in [2.24, 2.45) is 0 Å².